The minimum absolute atomic E-state index is 0.433. The molecule has 0 spiro atoms. The maximum absolute atomic E-state index is 11.0. The summed E-state index contributed by atoms with van der Waals surface area (Å²) in [5, 5.41) is 11.0. The first kappa shape index (κ1) is 23.7. The van der Waals surface area contributed by atoms with Gasteiger partial charge in [-0.05, 0) is 141 Å². The summed E-state index contributed by atoms with van der Waals surface area (Å²) in [6.07, 6.45) is 14.0. The Morgan fingerprint density at radius 1 is 0.656 bits per heavy atom. The van der Waals surface area contributed by atoms with Crippen molar-refractivity contribution in [3.63, 3.8) is 0 Å². The summed E-state index contributed by atoms with van der Waals surface area (Å²) in [6, 6.07) is 0. The van der Waals surface area contributed by atoms with Crippen molar-refractivity contribution >= 4 is 0 Å². The standard InChI is InChI=1S/C31H54O/c1-20-18-26(2,3)23-14-17-31(9)25(29(23,7)19-20)11-10-24-28(6)15-12-21(27(4,5)32)22(28)13-16-30(24,31)8/h20-25,32H,10-19H2,1-9H3/t20?,21?,22?,23-,24+,25+,28-,29-,30+,31+/m0/s1. The van der Waals surface area contributed by atoms with Gasteiger partial charge in [0.2, 0.25) is 0 Å². The van der Waals surface area contributed by atoms with Crippen molar-refractivity contribution in [2.24, 2.45) is 62.6 Å². The average molecular weight is 443 g/mol. The summed E-state index contributed by atoms with van der Waals surface area (Å²) in [6.45, 7) is 22.8. The molecule has 1 N–H and O–H groups in total. The van der Waals surface area contributed by atoms with Gasteiger partial charge in [0.05, 0.1) is 5.60 Å². The highest BCUT2D eigenvalue weighted by Crippen LogP contribution is 2.78. The maximum Gasteiger partial charge on any atom is 0.0622 e. The molecule has 0 aromatic heterocycles. The van der Waals surface area contributed by atoms with E-state index in [-0.39, 0.29) is 0 Å². The molecule has 0 aromatic rings. The van der Waals surface area contributed by atoms with Crippen molar-refractivity contribution in [1.29, 1.82) is 0 Å². The Balaban J connectivity index is 1.52. The topological polar surface area (TPSA) is 20.2 Å². The lowest BCUT2D eigenvalue weighted by molar-refractivity contribution is -0.247. The van der Waals surface area contributed by atoms with E-state index in [1.807, 2.05) is 0 Å². The van der Waals surface area contributed by atoms with Gasteiger partial charge in [0.25, 0.3) is 0 Å². The van der Waals surface area contributed by atoms with E-state index in [0.717, 1.165) is 29.6 Å². The zero-order valence-electron chi connectivity index (χ0n) is 23.0. The fourth-order valence-corrected chi connectivity index (χ4v) is 12.8. The predicted molar refractivity (Wildman–Crippen MR) is 135 cm³/mol. The van der Waals surface area contributed by atoms with E-state index in [0.29, 0.717) is 33.0 Å². The third-order valence-corrected chi connectivity index (χ3v) is 13.7. The molecule has 5 saturated carbocycles. The summed E-state index contributed by atoms with van der Waals surface area (Å²) >= 11 is 0. The molecule has 1 heteroatoms. The second-order valence-corrected chi connectivity index (χ2v) is 16.1. The zero-order chi connectivity index (χ0) is 23.5. The van der Waals surface area contributed by atoms with Crippen molar-refractivity contribution in [2.75, 3.05) is 0 Å². The van der Waals surface area contributed by atoms with Crippen LogP contribution in [0.5, 0.6) is 0 Å². The van der Waals surface area contributed by atoms with Crippen LogP contribution in [0.15, 0.2) is 0 Å². The Bertz CT molecular complexity index is 761. The van der Waals surface area contributed by atoms with E-state index in [2.05, 4.69) is 62.3 Å². The van der Waals surface area contributed by atoms with Gasteiger partial charge < -0.3 is 5.11 Å². The van der Waals surface area contributed by atoms with Gasteiger partial charge in [0.1, 0.15) is 0 Å². The Morgan fingerprint density at radius 2 is 1.22 bits per heavy atom. The first-order chi connectivity index (χ1) is 14.6. The molecular formula is C31H54O. The van der Waals surface area contributed by atoms with Gasteiger partial charge in [-0.1, -0.05) is 48.5 Å². The molecule has 0 amide bonds. The van der Waals surface area contributed by atoms with Crippen LogP contribution in [0.25, 0.3) is 0 Å². The smallest absolute Gasteiger partial charge is 0.0622 e. The number of hydrogen-bond donors (Lipinski definition) is 1. The fraction of sp³-hybridized carbons (Fsp3) is 1.00. The minimum atomic E-state index is -0.521. The highest BCUT2D eigenvalue weighted by molar-refractivity contribution is 5.19. The van der Waals surface area contributed by atoms with Gasteiger partial charge in [0, 0.05) is 0 Å². The van der Waals surface area contributed by atoms with Crippen molar-refractivity contribution in [3.05, 3.63) is 0 Å². The summed E-state index contributed by atoms with van der Waals surface area (Å²) < 4.78 is 0. The minimum Gasteiger partial charge on any atom is -0.390 e. The first-order valence-corrected chi connectivity index (χ1v) is 14.3. The molecular weight excluding hydrogens is 388 g/mol. The van der Waals surface area contributed by atoms with Crippen LogP contribution in [-0.4, -0.2) is 10.7 Å². The second kappa shape index (κ2) is 6.79. The predicted octanol–water partition coefficient (Wildman–Crippen LogP) is 8.49. The van der Waals surface area contributed by atoms with E-state index in [1.54, 1.807) is 0 Å². The summed E-state index contributed by atoms with van der Waals surface area (Å²) in [5.41, 5.74) is 1.88. The Labute approximate surface area is 199 Å². The molecule has 32 heavy (non-hydrogen) atoms. The van der Waals surface area contributed by atoms with Crippen LogP contribution in [0.1, 0.15) is 127 Å². The van der Waals surface area contributed by atoms with Crippen LogP contribution in [0.3, 0.4) is 0 Å². The van der Waals surface area contributed by atoms with Gasteiger partial charge in [0.15, 0.2) is 0 Å². The lowest BCUT2D eigenvalue weighted by Crippen LogP contribution is -2.66. The van der Waals surface area contributed by atoms with Crippen LogP contribution >= 0.6 is 0 Å². The number of rotatable bonds is 1. The first-order valence-electron chi connectivity index (χ1n) is 14.3. The Hall–Kier alpha value is -0.0400. The van der Waals surface area contributed by atoms with Gasteiger partial charge in [-0.15, -0.1) is 0 Å². The van der Waals surface area contributed by atoms with Crippen LogP contribution in [0.2, 0.25) is 0 Å². The molecule has 0 aromatic carbocycles. The van der Waals surface area contributed by atoms with Crippen molar-refractivity contribution in [2.45, 2.75) is 132 Å². The quantitative estimate of drug-likeness (QED) is 0.431. The van der Waals surface area contributed by atoms with Crippen LogP contribution in [0.4, 0.5) is 0 Å². The molecule has 0 saturated heterocycles. The number of fused-ring (bicyclic) bond motifs is 7. The second-order valence-electron chi connectivity index (χ2n) is 16.1. The van der Waals surface area contributed by atoms with Gasteiger partial charge in [-0.3, -0.25) is 0 Å². The largest absolute Gasteiger partial charge is 0.390 e. The third-order valence-electron chi connectivity index (χ3n) is 13.7. The zero-order valence-corrected chi connectivity index (χ0v) is 23.0. The summed E-state index contributed by atoms with van der Waals surface area (Å²) in [4.78, 5) is 0. The molecule has 0 heterocycles. The molecule has 0 aliphatic heterocycles. The molecule has 0 radical (unpaired) electrons. The fourth-order valence-electron chi connectivity index (χ4n) is 12.8. The van der Waals surface area contributed by atoms with E-state index >= 15 is 0 Å². The highest BCUT2D eigenvalue weighted by atomic mass is 16.3. The SMILES string of the molecule is CC1CC(C)(C)[C@@H]2CC[C@]3(C)[C@H](CC[C@@H]4[C@@]5(C)CCC(C(C)(C)O)C5CC[C@]43C)[C@@]2(C)C1. The Kier molecular flexibility index (Phi) is 5.03. The molecule has 5 rings (SSSR count). The lowest BCUT2D eigenvalue weighted by atomic mass is 9.31. The van der Waals surface area contributed by atoms with Crippen LogP contribution < -0.4 is 0 Å². The highest BCUT2D eigenvalue weighted by Gasteiger charge is 2.70. The molecule has 5 aliphatic rings. The van der Waals surface area contributed by atoms with Crippen molar-refractivity contribution in [1.82, 2.24) is 0 Å². The monoisotopic (exact) mass is 442 g/mol. The van der Waals surface area contributed by atoms with E-state index in [4.69, 9.17) is 0 Å². The molecule has 3 unspecified atom stereocenters. The molecule has 1 nitrogen and oxygen atoms in total. The van der Waals surface area contributed by atoms with E-state index in [9.17, 15) is 5.11 Å². The normalized spacial score (nSPS) is 57.2. The Morgan fingerprint density at radius 3 is 1.81 bits per heavy atom. The molecule has 5 aliphatic carbocycles. The molecule has 5 fully saturated rings. The van der Waals surface area contributed by atoms with Crippen LogP contribution in [-0.2, 0) is 0 Å². The lowest BCUT2D eigenvalue weighted by Gasteiger charge is -2.73. The van der Waals surface area contributed by atoms with E-state index in [1.165, 1.54) is 64.2 Å². The van der Waals surface area contributed by atoms with Crippen LogP contribution in [0, 0.1) is 62.6 Å². The van der Waals surface area contributed by atoms with Crippen molar-refractivity contribution < 1.29 is 5.11 Å². The maximum atomic E-state index is 11.0. The van der Waals surface area contributed by atoms with E-state index < -0.39 is 5.60 Å². The van der Waals surface area contributed by atoms with Gasteiger partial charge in [-0.2, -0.15) is 0 Å². The van der Waals surface area contributed by atoms with Crippen molar-refractivity contribution in [3.8, 4) is 0 Å². The number of aliphatic hydroxyl groups is 1. The third kappa shape index (κ3) is 2.85. The number of hydrogen-bond acceptors (Lipinski definition) is 1. The molecule has 0 bridgehead atoms. The summed E-state index contributed by atoms with van der Waals surface area (Å²) in [5.74, 6) is 4.73. The van der Waals surface area contributed by atoms with Gasteiger partial charge >= 0.3 is 0 Å². The molecule has 10 atom stereocenters. The average Bonchev–Trinajstić information content (AvgIpc) is 2.98. The molecule has 184 valence electrons. The summed E-state index contributed by atoms with van der Waals surface area (Å²) in [7, 11) is 0. The van der Waals surface area contributed by atoms with Gasteiger partial charge in [-0.25, -0.2) is 0 Å².